The van der Waals surface area contributed by atoms with Crippen molar-refractivity contribution in [2.75, 3.05) is 6.61 Å². The zero-order valence-electron chi connectivity index (χ0n) is 12.0. The summed E-state index contributed by atoms with van der Waals surface area (Å²) in [6.45, 7) is 1.15. The van der Waals surface area contributed by atoms with Gasteiger partial charge < -0.3 is 15.2 Å². The van der Waals surface area contributed by atoms with E-state index in [1.165, 1.54) is 11.3 Å². The fourth-order valence-electron chi connectivity index (χ4n) is 2.40. The van der Waals surface area contributed by atoms with Gasteiger partial charge in [-0.15, -0.1) is 11.3 Å². The number of carboxylic acids is 1. The van der Waals surface area contributed by atoms with E-state index in [1.807, 2.05) is 0 Å². The molecule has 0 radical (unpaired) electrons. The van der Waals surface area contributed by atoms with Crippen molar-refractivity contribution in [3.05, 3.63) is 56.2 Å². The molecule has 1 unspecified atom stereocenters. The molecule has 5 nitrogen and oxygen atoms in total. The lowest BCUT2D eigenvalue weighted by Crippen LogP contribution is -2.33. The van der Waals surface area contributed by atoms with E-state index >= 15 is 0 Å². The highest BCUT2D eigenvalue weighted by atomic mass is 35.5. The Morgan fingerprint density at radius 1 is 1.30 bits per heavy atom. The van der Waals surface area contributed by atoms with E-state index in [2.05, 4.69) is 5.32 Å². The molecule has 7 heteroatoms. The minimum absolute atomic E-state index is 0.397. The van der Waals surface area contributed by atoms with Crippen molar-refractivity contribution in [1.29, 1.82) is 0 Å². The summed E-state index contributed by atoms with van der Waals surface area (Å²) in [5.41, 5.74) is 1.48. The van der Waals surface area contributed by atoms with Crippen LogP contribution in [0.4, 0.5) is 0 Å². The third kappa shape index (κ3) is 3.55. The monoisotopic (exact) mass is 351 g/mol. The van der Waals surface area contributed by atoms with Crippen molar-refractivity contribution in [1.82, 2.24) is 5.32 Å². The van der Waals surface area contributed by atoms with Crippen LogP contribution < -0.4 is 5.32 Å². The Labute approximate surface area is 141 Å². The van der Waals surface area contributed by atoms with Gasteiger partial charge in [-0.3, -0.25) is 4.79 Å². The maximum absolute atomic E-state index is 12.4. The van der Waals surface area contributed by atoms with E-state index in [1.54, 1.807) is 30.3 Å². The second kappa shape index (κ2) is 6.70. The van der Waals surface area contributed by atoms with Crippen LogP contribution in [0.3, 0.4) is 0 Å². The van der Waals surface area contributed by atoms with Gasteiger partial charge >= 0.3 is 5.97 Å². The van der Waals surface area contributed by atoms with Crippen molar-refractivity contribution in [3.63, 3.8) is 0 Å². The normalized spacial score (nSPS) is 14.8. The predicted molar refractivity (Wildman–Crippen MR) is 87.0 cm³/mol. The fraction of sp³-hybridized carbons (Fsp3) is 0.250. The molecule has 2 heterocycles. The number of fused-ring (bicyclic) bond motifs is 1. The standard InChI is InChI=1S/C16H14ClNO4S/c17-11-3-1-9(2-4-11)14(16(20)21)18-15(19)13-7-10-8-22-6-5-12(10)23-13/h1-4,7,14H,5-6,8H2,(H,18,19)(H,20,21). The third-order valence-corrected chi connectivity index (χ3v) is 5.07. The van der Waals surface area contributed by atoms with Crippen LogP contribution in [0.15, 0.2) is 30.3 Å². The van der Waals surface area contributed by atoms with Crippen LogP contribution in [0.1, 0.15) is 31.7 Å². The lowest BCUT2D eigenvalue weighted by molar-refractivity contribution is -0.139. The van der Waals surface area contributed by atoms with Crippen LogP contribution in [-0.4, -0.2) is 23.6 Å². The molecule has 1 aliphatic rings. The van der Waals surface area contributed by atoms with Crippen molar-refractivity contribution in [2.24, 2.45) is 0 Å². The molecule has 1 amide bonds. The van der Waals surface area contributed by atoms with Crippen LogP contribution in [0, 0.1) is 0 Å². The Bertz CT molecular complexity index is 718. The minimum atomic E-state index is -1.12. The van der Waals surface area contributed by atoms with Gasteiger partial charge in [0, 0.05) is 16.3 Å². The Morgan fingerprint density at radius 2 is 2.04 bits per heavy atom. The zero-order valence-corrected chi connectivity index (χ0v) is 13.6. The number of carboxylic acid groups (broad SMARTS) is 1. The molecular formula is C16H14ClNO4S. The molecule has 1 aromatic carbocycles. The van der Waals surface area contributed by atoms with Gasteiger partial charge in [0.2, 0.25) is 0 Å². The molecule has 3 rings (SSSR count). The third-order valence-electron chi connectivity index (χ3n) is 3.58. The first-order chi connectivity index (χ1) is 11.0. The molecular weight excluding hydrogens is 338 g/mol. The molecule has 2 aromatic rings. The number of hydrogen-bond acceptors (Lipinski definition) is 4. The average Bonchev–Trinajstić information content (AvgIpc) is 2.97. The van der Waals surface area contributed by atoms with Gasteiger partial charge in [0.1, 0.15) is 0 Å². The van der Waals surface area contributed by atoms with E-state index in [4.69, 9.17) is 16.3 Å². The summed E-state index contributed by atoms with van der Waals surface area (Å²) in [7, 11) is 0. The molecule has 1 aromatic heterocycles. The maximum atomic E-state index is 12.4. The second-order valence-corrected chi connectivity index (χ2v) is 6.73. The van der Waals surface area contributed by atoms with Gasteiger partial charge in [0.05, 0.1) is 18.1 Å². The number of aliphatic carboxylic acids is 1. The molecule has 0 aliphatic carbocycles. The first-order valence-corrected chi connectivity index (χ1v) is 8.22. The number of thiophene rings is 1. The zero-order chi connectivity index (χ0) is 16.4. The highest BCUT2D eigenvalue weighted by Crippen LogP contribution is 2.27. The van der Waals surface area contributed by atoms with Gasteiger partial charge in [-0.2, -0.15) is 0 Å². The van der Waals surface area contributed by atoms with E-state index < -0.39 is 17.9 Å². The molecule has 1 aliphatic heterocycles. The van der Waals surface area contributed by atoms with Crippen molar-refractivity contribution in [2.45, 2.75) is 19.1 Å². The first kappa shape index (κ1) is 16.0. The van der Waals surface area contributed by atoms with Crippen LogP contribution in [0.2, 0.25) is 5.02 Å². The van der Waals surface area contributed by atoms with Crippen molar-refractivity contribution >= 4 is 34.8 Å². The lowest BCUT2D eigenvalue weighted by Gasteiger charge is -2.14. The number of carbonyl (C=O) groups is 2. The summed E-state index contributed by atoms with van der Waals surface area (Å²) in [4.78, 5) is 25.5. The number of halogens is 1. The predicted octanol–water partition coefficient (Wildman–Crippen LogP) is 3.03. The number of amides is 1. The summed E-state index contributed by atoms with van der Waals surface area (Å²) >= 11 is 7.20. The van der Waals surface area contributed by atoms with Gasteiger partial charge in [0.25, 0.3) is 5.91 Å². The molecule has 120 valence electrons. The SMILES string of the molecule is O=C(NC(C(=O)O)c1ccc(Cl)cc1)c1cc2c(s1)CCOC2. The molecule has 0 bridgehead atoms. The highest BCUT2D eigenvalue weighted by Gasteiger charge is 2.25. The van der Waals surface area contributed by atoms with E-state index in [0.717, 1.165) is 16.9 Å². The lowest BCUT2D eigenvalue weighted by atomic mass is 10.1. The summed E-state index contributed by atoms with van der Waals surface area (Å²) in [6, 6.07) is 7.04. The number of ether oxygens (including phenoxy) is 1. The highest BCUT2D eigenvalue weighted by molar-refractivity contribution is 7.14. The molecule has 0 spiro atoms. The molecule has 1 atom stereocenters. The topological polar surface area (TPSA) is 75.6 Å². The van der Waals surface area contributed by atoms with Crippen molar-refractivity contribution < 1.29 is 19.4 Å². The minimum Gasteiger partial charge on any atom is -0.479 e. The molecule has 0 fully saturated rings. The van der Waals surface area contributed by atoms with Crippen LogP contribution in [0.25, 0.3) is 0 Å². The summed E-state index contributed by atoms with van der Waals surface area (Å²) in [5.74, 6) is -1.52. The number of nitrogens with one attached hydrogen (secondary N) is 1. The van der Waals surface area contributed by atoms with Gasteiger partial charge in [0.15, 0.2) is 6.04 Å². The molecule has 2 N–H and O–H groups in total. The van der Waals surface area contributed by atoms with Crippen LogP contribution in [-0.2, 0) is 22.6 Å². The molecule has 0 saturated heterocycles. The van der Waals surface area contributed by atoms with Crippen molar-refractivity contribution in [3.8, 4) is 0 Å². The largest absolute Gasteiger partial charge is 0.479 e. The number of rotatable bonds is 4. The van der Waals surface area contributed by atoms with Gasteiger partial charge in [-0.25, -0.2) is 4.79 Å². The summed E-state index contributed by atoms with van der Waals surface area (Å²) in [6.07, 6.45) is 0.785. The quantitative estimate of drug-likeness (QED) is 0.887. The Hall–Kier alpha value is -1.89. The van der Waals surface area contributed by atoms with Crippen LogP contribution >= 0.6 is 22.9 Å². The maximum Gasteiger partial charge on any atom is 0.330 e. The Kier molecular flexibility index (Phi) is 4.66. The fourth-order valence-corrected chi connectivity index (χ4v) is 3.58. The summed E-state index contributed by atoms with van der Waals surface area (Å²) < 4.78 is 5.36. The smallest absolute Gasteiger partial charge is 0.330 e. The number of benzene rings is 1. The van der Waals surface area contributed by atoms with E-state index in [0.29, 0.717) is 28.7 Å². The van der Waals surface area contributed by atoms with E-state index in [-0.39, 0.29) is 0 Å². The second-order valence-electron chi connectivity index (χ2n) is 5.16. The van der Waals surface area contributed by atoms with E-state index in [9.17, 15) is 14.7 Å². The molecule has 0 saturated carbocycles. The van der Waals surface area contributed by atoms with Crippen LogP contribution in [0.5, 0.6) is 0 Å². The van der Waals surface area contributed by atoms with Gasteiger partial charge in [-0.05, 0) is 29.3 Å². The van der Waals surface area contributed by atoms with Gasteiger partial charge in [-0.1, -0.05) is 23.7 Å². The Morgan fingerprint density at radius 3 is 2.70 bits per heavy atom. The Balaban J connectivity index is 1.79. The average molecular weight is 352 g/mol. The number of carbonyl (C=O) groups excluding carboxylic acids is 1. The number of hydrogen-bond donors (Lipinski definition) is 2. The summed E-state index contributed by atoms with van der Waals surface area (Å²) in [5, 5.41) is 12.5. The molecule has 23 heavy (non-hydrogen) atoms. The first-order valence-electron chi connectivity index (χ1n) is 7.03.